The van der Waals surface area contributed by atoms with E-state index in [9.17, 15) is 19.3 Å². The summed E-state index contributed by atoms with van der Waals surface area (Å²) < 4.78 is 12.8. The number of allylic oxidation sites excluding steroid dienone is 1. The zero-order valence-corrected chi connectivity index (χ0v) is 9.58. The summed E-state index contributed by atoms with van der Waals surface area (Å²) >= 11 is 0. The van der Waals surface area contributed by atoms with Crippen LogP contribution in [0.5, 0.6) is 0 Å². The molecule has 1 aromatic carbocycles. The Morgan fingerprint density at radius 3 is 2.56 bits per heavy atom. The number of carbonyl (C=O) groups excluding carboxylic acids is 1. The number of aldehydes is 1. The maximum Gasteiger partial charge on any atom is 0.224 e. The lowest BCUT2D eigenvalue weighted by Gasteiger charge is -2.24. The minimum absolute atomic E-state index is 0.137. The molecule has 0 saturated heterocycles. The standard InChI is InChI=1S/C13H12FNO3/c14-11-4-2-10(3-5-11)12-6-1-9(8-16)7-13(12)15(17)18/h1-5,8,12-13H,6-7H2. The summed E-state index contributed by atoms with van der Waals surface area (Å²) in [5.41, 5.74) is 1.20. The summed E-state index contributed by atoms with van der Waals surface area (Å²) in [5, 5.41) is 11.1. The Morgan fingerprint density at radius 2 is 2.00 bits per heavy atom. The Kier molecular flexibility index (Phi) is 3.50. The van der Waals surface area contributed by atoms with Gasteiger partial charge in [-0.25, -0.2) is 4.39 Å². The van der Waals surface area contributed by atoms with Crippen LogP contribution < -0.4 is 0 Å². The van der Waals surface area contributed by atoms with Crippen LogP contribution in [0, 0.1) is 15.9 Å². The third kappa shape index (κ3) is 2.45. The molecule has 5 heteroatoms. The summed E-state index contributed by atoms with van der Waals surface area (Å²) in [6, 6.07) is 4.91. The average Bonchev–Trinajstić information content (AvgIpc) is 2.39. The molecule has 2 unspecified atom stereocenters. The van der Waals surface area contributed by atoms with Gasteiger partial charge in [0, 0.05) is 11.3 Å². The van der Waals surface area contributed by atoms with E-state index in [2.05, 4.69) is 0 Å². The summed E-state index contributed by atoms with van der Waals surface area (Å²) in [4.78, 5) is 21.4. The fourth-order valence-electron chi connectivity index (χ4n) is 2.29. The van der Waals surface area contributed by atoms with Gasteiger partial charge in [-0.1, -0.05) is 18.2 Å². The van der Waals surface area contributed by atoms with E-state index in [0.717, 1.165) is 5.56 Å². The molecule has 0 amide bonds. The van der Waals surface area contributed by atoms with E-state index in [1.54, 1.807) is 18.2 Å². The molecule has 1 aromatic rings. The molecule has 2 atom stereocenters. The maximum absolute atomic E-state index is 12.8. The molecule has 4 nitrogen and oxygen atoms in total. The number of hydrogen-bond acceptors (Lipinski definition) is 3. The van der Waals surface area contributed by atoms with E-state index in [4.69, 9.17) is 0 Å². The SMILES string of the molecule is O=CC1=CCC(c2ccc(F)cc2)C([N+](=O)[O-])C1. The van der Waals surface area contributed by atoms with Crippen molar-refractivity contribution in [3.8, 4) is 0 Å². The lowest BCUT2D eigenvalue weighted by atomic mass is 9.81. The molecule has 2 rings (SSSR count). The van der Waals surface area contributed by atoms with Crippen molar-refractivity contribution < 1.29 is 14.1 Å². The van der Waals surface area contributed by atoms with Crippen LogP contribution in [0.3, 0.4) is 0 Å². The number of benzene rings is 1. The number of hydrogen-bond donors (Lipinski definition) is 0. The molecule has 0 radical (unpaired) electrons. The third-order valence-corrected chi connectivity index (χ3v) is 3.26. The van der Waals surface area contributed by atoms with Gasteiger partial charge in [-0.3, -0.25) is 14.9 Å². The summed E-state index contributed by atoms with van der Waals surface area (Å²) in [6.45, 7) is 0. The van der Waals surface area contributed by atoms with Crippen molar-refractivity contribution in [2.45, 2.75) is 24.8 Å². The van der Waals surface area contributed by atoms with E-state index in [1.807, 2.05) is 0 Å². The first-order chi connectivity index (χ1) is 8.61. The largest absolute Gasteiger partial charge is 0.298 e. The molecule has 0 spiro atoms. The number of rotatable bonds is 3. The molecule has 0 aliphatic heterocycles. The molecule has 18 heavy (non-hydrogen) atoms. The van der Waals surface area contributed by atoms with Gasteiger partial charge >= 0.3 is 0 Å². The Hall–Kier alpha value is -2.04. The van der Waals surface area contributed by atoms with E-state index in [-0.39, 0.29) is 23.1 Å². The molecule has 1 aliphatic rings. The van der Waals surface area contributed by atoms with Gasteiger partial charge in [0.15, 0.2) is 0 Å². The summed E-state index contributed by atoms with van der Waals surface area (Å²) in [6.07, 6.45) is 2.96. The van der Waals surface area contributed by atoms with E-state index in [1.165, 1.54) is 12.1 Å². The van der Waals surface area contributed by atoms with Crippen LogP contribution in [0.1, 0.15) is 24.3 Å². The molecule has 94 valence electrons. The van der Waals surface area contributed by atoms with Crippen molar-refractivity contribution in [3.05, 3.63) is 57.4 Å². The zero-order chi connectivity index (χ0) is 13.1. The second-order valence-corrected chi connectivity index (χ2v) is 4.35. The van der Waals surface area contributed by atoms with Crippen LogP contribution in [0.25, 0.3) is 0 Å². The smallest absolute Gasteiger partial charge is 0.224 e. The highest BCUT2D eigenvalue weighted by Crippen LogP contribution is 2.33. The number of halogens is 1. The Balaban J connectivity index is 2.30. The summed E-state index contributed by atoms with van der Waals surface area (Å²) in [7, 11) is 0. The quantitative estimate of drug-likeness (QED) is 0.469. The molecule has 1 aliphatic carbocycles. The zero-order valence-electron chi connectivity index (χ0n) is 9.58. The van der Waals surface area contributed by atoms with E-state index >= 15 is 0 Å². The van der Waals surface area contributed by atoms with Crippen molar-refractivity contribution in [1.82, 2.24) is 0 Å². The molecule has 0 aromatic heterocycles. The van der Waals surface area contributed by atoms with Crippen LogP contribution in [0.2, 0.25) is 0 Å². The van der Waals surface area contributed by atoms with Crippen LogP contribution in [0.4, 0.5) is 4.39 Å². The van der Waals surface area contributed by atoms with Crippen molar-refractivity contribution >= 4 is 6.29 Å². The lowest BCUT2D eigenvalue weighted by molar-refractivity contribution is -0.526. The predicted molar refractivity (Wildman–Crippen MR) is 63.3 cm³/mol. The van der Waals surface area contributed by atoms with Gasteiger partial charge in [0.05, 0.1) is 5.92 Å². The van der Waals surface area contributed by atoms with E-state index in [0.29, 0.717) is 18.3 Å². The average molecular weight is 249 g/mol. The molecule has 0 saturated carbocycles. The third-order valence-electron chi connectivity index (χ3n) is 3.26. The fraction of sp³-hybridized carbons (Fsp3) is 0.308. The number of nitro groups is 1. The van der Waals surface area contributed by atoms with Crippen molar-refractivity contribution in [1.29, 1.82) is 0 Å². The normalized spacial score (nSPS) is 23.3. The van der Waals surface area contributed by atoms with Gasteiger partial charge in [0.2, 0.25) is 6.04 Å². The first kappa shape index (κ1) is 12.4. The minimum Gasteiger partial charge on any atom is -0.298 e. The molecule has 0 bridgehead atoms. The number of nitrogens with zero attached hydrogens (tertiary/aromatic N) is 1. The van der Waals surface area contributed by atoms with Crippen molar-refractivity contribution in [3.63, 3.8) is 0 Å². The Labute approximate surface area is 103 Å². The molecule has 0 heterocycles. The van der Waals surface area contributed by atoms with Gasteiger partial charge in [0.25, 0.3) is 0 Å². The fourth-order valence-corrected chi connectivity index (χ4v) is 2.29. The number of carbonyl (C=O) groups is 1. The molecule has 0 fully saturated rings. The topological polar surface area (TPSA) is 60.2 Å². The van der Waals surface area contributed by atoms with E-state index < -0.39 is 6.04 Å². The monoisotopic (exact) mass is 249 g/mol. The van der Waals surface area contributed by atoms with Crippen molar-refractivity contribution in [2.24, 2.45) is 0 Å². The molecule has 0 N–H and O–H groups in total. The van der Waals surface area contributed by atoms with Crippen LogP contribution >= 0.6 is 0 Å². The van der Waals surface area contributed by atoms with Crippen molar-refractivity contribution in [2.75, 3.05) is 0 Å². The van der Waals surface area contributed by atoms with Gasteiger partial charge < -0.3 is 0 Å². The highest BCUT2D eigenvalue weighted by Gasteiger charge is 2.35. The highest BCUT2D eigenvalue weighted by molar-refractivity contribution is 5.73. The first-order valence-corrected chi connectivity index (χ1v) is 5.65. The Bertz CT molecular complexity index is 495. The van der Waals surface area contributed by atoms with Gasteiger partial charge in [0.1, 0.15) is 12.1 Å². The van der Waals surface area contributed by atoms with Gasteiger partial charge in [-0.15, -0.1) is 0 Å². The predicted octanol–water partition coefficient (Wildman–Crippen LogP) is 2.47. The van der Waals surface area contributed by atoms with Crippen LogP contribution in [-0.2, 0) is 4.79 Å². The highest BCUT2D eigenvalue weighted by atomic mass is 19.1. The maximum atomic E-state index is 12.8. The first-order valence-electron chi connectivity index (χ1n) is 5.65. The second kappa shape index (κ2) is 5.08. The van der Waals surface area contributed by atoms with Crippen LogP contribution in [0.15, 0.2) is 35.9 Å². The second-order valence-electron chi connectivity index (χ2n) is 4.35. The van der Waals surface area contributed by atoms with Gasteiger partial charge in [-0.2, -0.15) is 0 Å². The Morgan fingerprint density at radius 1 is 1.33 bits per heavy atom. The lowest BCUT2D eigenvalue weighted by Crippen LogP contribution is -2.30. The minimum atomic E-state index is -0.819. The molecular weight excluding hydrogens is 237 g/mol. The summed E-state index contributed by atoms with van der Waals surface area (Å²) in [5.74, 6) is -0.666. The molecular formula is C13H12FNO3. The van der Waals surface area contributed by atoms with Gasteiger partial charge in [-0.05, 0) is 29.7 Å². The van der Waals surface area contributed by atoms with Crippen LogP contribution in [-0.4, -0.2) is 17.3 Å².